The zero-order valence-corrected chi connectivity index (χ0v) is 17.5. The molecule has 0 unspecified atom stereocenters. The Morgan fingerprint density at radius 2 is 1.94 bits per heavy atom. The molecule has 0 saturated heterocycles. The average Bonchev–Trinajstić information content (AvgIpc) is 2.78. The molecule has 2 heterocycles. The Balaban J connectivity index is 1.47. The molecular formula is C20H21ClFN7O2. The predicted octanol–water partition coefficient (Wildman–Crippen LogP) is 4.04. The standard InChI is InChI=1S/C20H21ClFN7O2/c1-31-20(30)28-12-4-2-11(3-5-12)27-19-23-9-16-17(29-19)18(25-10-24-16)26-13-6-7-15(22)14(21)8-13/h6-12H,2-5H2,1H3,(H,28,30)(H,23,27,29)(H,24,25,26). The lowest BCUT2D eigenvalue weighted by Crippen LogP contribution is -2.40. The van der Waals surface area contributed by atoms with Crippen LogP contribution < -0.4 is 16.0 Å². The van der Waals surface area contributed by atoms with Crippen LogP contribution in [0.5, 0.6) is 0 Å². The van der Waals surface area contributed by atoms with Gasteiger partial charge in [0.2, 0.25) is 5.95 Å². The number of halogens is 2. The molecule has 0 radical (unpaired) electrons. The minimum atomic E-state index is -0.495. The summed E-state index contributed by atoms with van der Waals surface area (Å²) < 4.78 is 18.1. The molecule has 4 rings (SSSR count). The molecule has 0 bridgehead atoms. The van der Waals surface area contributed by atoms with Crippen molar-refractivity contribution in [2.24, 2.45) is 0 Å². The van der Waals surface area contributed by atoms with Crippen molar-refractivity contribution in [3.8, 4) is 0 Å². The van der Waals surface area contributed by atoms with Crippen LogP contribution >= 0.6 is 11.6 Å². The minimum absolute atomic E-state index is 0.0117. The Labute approximate surface area is 182 Å². The number of aromatic nitrogens is 4. The van der Waals surface area contributed by atoms with E-state index in [9.17, 15) is 9.18 Å². The van der Waals surface area contributed by atoms with E-state index < -0.39 is 11.9 Å². The fraction of sp³-hybridized carbons (Fsp3) is 0.350. The van der Waals surface area contributed by atoms with E-state index in [0.717, 1.165) is 25.7 Å². The predicted molar refractivity (Wildman–Crippen MR) is 115 cm³/mol. The zero-order chi connectivity index (χ0) is 21.8. The lowest BCUT2D eigenvalue weighted by atomic mass is 9.91. The lowest BCUT2D eigenvalue weighted by Gasteiger charge is -2.29. The van der Waals surface area contributed by atoms with Crippen molar-refractivity contribution in [2.75, 3.05) is 17.7 Å². The molecule has 0 spiro atoms. The van der Waals surface area contributed by atoms with Gasteiger partial charge in [-0.3, -0.25) is 0 Å². The molecular weight excluding hydrogens is 425 g/mol. The molecule has 2 aromatic heterocycles. The summed E-state index contributed by atoms with van der Waals surface area (Å²) in [6.07, 6.45) is 6.02. The maximum Gasteiger partial charge on any atom is 0.407 e. The Hall–Kier alpha value is -3.27. The van der Waals surface area contributed by atoms with E-state index in [1.54, 1.807) is 12.3 Å². The number of ether oxygens (including phenoxy) is 1. The number of fused-ring (bicyclic) bond motifs is 1. The molecule has 31 heavy (non-hydrogen) atoms. The second kappa shape index (κ2) is 9.25. The monoisotopic (exact) mass is 445 g/mol. The largest absolute Gasteiger partial charge is 0.453 e. The summed E-state index contributed by atoms with van der Waals surface area (Å²) in [7, 11) is 1.36. The van der Waals surface area contributed by atoms with Crippen LogP contribution in [0.2, 0.25) is 5.02 Å². The van der Waals surface area contributed by atoms with Gasteiger partial charge in [0.1, 0.15) is 23.2 Å². The molecule has 1 aromatic carbocycles. The Morgan fingerprint density at radius 1 is 1.16 bits per heavy atom. The van der Waals surface area contributed by atoms with Crippen molar-refractivity contribution in [3.63, 3.8) is 0 Å². The number of carbonyl (C=O) groups excluding carboxylic acids is 1. The van der Waals surface area contributed by atoms with Gasteiger partial charge in [-0.05, 0) is 43.9 Å². The van der Waals surface area contributed by atoms with Crippen molar-refractivity contribution in [2.45, 2.75) is 37.8 Å². The summed E-state index contributed by atoms with van der Waals surface area (Å²) in [4.78, 5) is 28.8. The van der Waals surface area contributed by atoms with E-state index in [1.165, 1.54) is 25.6 Å². The normalized spacial score (nSPS) is 18.4. The van der Waals surface area contributed by atoms with Gasteiger partial charge < -0.3 is 20.7 Å². The van der Waals surface area contributed by atoms with Crippen molar-refractivity contribution in [1.82, 2.24) is 25.3 Å². The second-order valence-electron chi connectivity index (χ2n) is 7.23. The summed E-state index contributed by atoms with van der Waals surface area (Å²) in [5.74, 6) is 0.432. The lowest BCUT2D eigenvalue weighted by molar-refractivity contribution is 0.162. The van der Waals surface area contributed by atoms with Gasteiger partial charge in [-0.25, -0.2) is 29.1 Å². The van der Waals surface area contributed by atoms with Crippen molar-refractivity contribution in [3.05, 3.63) is 41.6 Å². The number of hydrogen-bond donors (Lipinski definition) is 3. The number of benzene rings is 1. The van der Waals surface area contributed by atoms with Crippen LogP contribution in [0.3, 0.4) is 0 Å². The quantitative estimate of drug-likeness (QED) is 0.539. The highest BCUT2D eigenvalue weighted by atomic mass is 35.5. The number of nitrogens with zero attached hydrogens (tertiary/aromatic N) is 4. The molecule has 9 nitrogen and oxygen atoms in total. The maximum absolute atomic E-state index is 13.4. The summed E-state index contributed by atoms with van der Waals surface area (Å²) in [6, 6.07) is 4.61. The Kier molecular flexibility index (Phi) is 6.26. The van der Waals surface area contributed by atoms with Crippen LogP contribution in [0.1, 0.15) is 25.7 Å². The number of methoxy groups -OCH3 is 1. The SMILES string of the molecule is COC(=O)NC1CCC(Nc2ncc3ncnc(Nc4ccc(F)c(Cl)c4)c3n2)CC1. The first-order valence-corrected chi connectivity index (χ1v) is 10.2. The van der Waals surface area contributed by atoms with Crippen LogP contribution in [0.15, 0.2) is 30.7 Å². The van der Waals surface area contributed by atoms with E-state index in [4.69, 9.17) is 11.6 Å². The number of rotatable bonds is 5. The van der Waals surface area contributed by atoms with Crippen molar-refractivity contribution >= 4 is 46.2 Å². The van der Waals surface area contributed by atoms with Gasteiger partial charge in [-0.1, -0.05) is 11.6 Å². The summed E-state index contributed by atoms with van der Waals surface area (Å²) in [6.45, 7) is 0. The van der Waals surface area contributed by atoms with Crippen LogP contribution in [0.25, 0.3) is 11.0 Å². The van der Waals surface area contributed by atoms with Gasteiger partial charge in [0.25, 0.3) is 0 Å². The second-order valence-corrected chi connectivity index (χ2v) is 7.64. The molecule has 1 saturated carbocycles. The average molecular weight is 446 g/mol. The van der Waals surface area contributed by atoms with Crippen LogP contribution in [0, 0.1) is 5.82 Å². The third-order valence-corrected chi connectivity index (χ3v) is 5.42. The molecule has 3 N–H and O–H groups in total. The molecule has 1 fully saturated rings. The molecule has 1 aliphatic carbocycles. The van der Waals surface area contributed by atoms with Crippen LogP contribution in [-0.2, 0) is 4.74 Å². The van der Waals surface area contributed by atoms with Gasteiger partial charge in [-0.15, -0.1) is 0 Å². The van der Waals surface area contributed by atoms with Crippen LogP contribution in [0.4, 0.5) is 26.6 Å². The first-order valence-electron chi connectivity index (χ1n) is 9.82. The highest BCUT2D eigenvalue weighted by Gasteiger charge is 2.23. The van der Waals surface area contributed by atoms with Gasteiger partial charge in [-0.2, -0.15) is 0 Å². The minimum Gasteiger partial charge on any atom is -0.453 e. The molecule has 0 atom stereocenters. The molecule has 11 heteroatoms. The smallest absolute Gasteiger partial charge is 0.407 e. The molecule has 1 amide bonds. The van der Waals surface area contributed by atoms with Crippen LogP contribution in [-0.4, -0.2) is 45.2 Å². The van der Waals surface area contributed by atoms with Gasteiger partial charge in [0.15, 0.2) is 5.82 Å². The van der Waals surface area contributed by atoms with E-state index in [0.29, 0.717) is 28.5 Å². The number of carbonyl (C=O) groups is 1. The van der Waals surface area contributed by atoms with Gasteiger partial charge in [0.05, 0.1) is 18.3 Å². The third-order valence-electron chi connectivity index (χ3n) is 5.13. The van der Waals surface area contributed by atoms with E-state index >= 15 is 0 Å². The van der Waals surface area contributed by atoms with Gasteiger partial charge in [0, 0.05) is 17.8 Å². The Morgan fingerprint density at radius 3 is 2.68 bits per heavy atom. The van der Waals surface area contributed by atoms with E-state index in [2.05, 4.69) is 40.6 Å². The van der Waals surface area contributed by atoms with Gasteiger partial charge >= 0.3 is 6.09 Å². The highest BCUT2D eigenvalue weighted by Crippen LogP contribution is 2.26. The molecule has 162 valence electrons. The number of amides is 1. The summed E-state index contributed by atoms with van der Waals surface area (Å²) >= 11 is 5.86. The third kappa shape index (κ3) is 5.08. The summed E-state index contributed by atoms with van der Waals surface area (Å²) in [5, 5.41) is 9.30. The number of alkyl carbamates (subject to hydrolysis) is 1. The number of anilines is 3. The molecule has 1 aliphatic rings. The Bertz CT molecular complexity index is 1090. The summed E-state index contributed by atoms with van der Waals surface area (Å²) in [5.41, 5.74) is 1.68. The first kappa shape index (κ1) is 21.0. The van der Waals surface area contributed by atoms with E-state index in [1.807, 2.05) is 0 Å². The first-order chi connectivity index (χ1) is 15.0. The maximum atomic E-state index is 13.4. The molecule has 3 aromatic rings. The zero-order valence-electron chi connectivity index (χ0n) is 16.7. The fourth-order valence-corrected chi connectivity index (χ4v) is 3.70. The fourth-order valence-electron chi connectivity index (χ4n) is 3.52. The van der Waals surface area contributed by atoms with E-state index in [-0.39, 0.29) is 17.1 Å². The van der Waals surface area contributed by atoms with Crippen molar-refractivity contribution in [1.29, 1.82) is 0 Å². The number of hydrogen-bond acceptors (Lipinski definition) is 8. The highest BCUT2D eigenvalue weighted by molar-refractivity contribution is 6.31. The topological polar surface area (TPSA) is 114 Å². The van der Waals surface area contributed by atoms with Crippen molar-refractivity contribution < 1.29 is 13.9 Å². The molecule has 0 aliphatic heterocycles. The number of nitrogens with one attached hydrogen (secondary N) is 3.